The van der Waals surface area contributed by atoms with E-state index in [9.17, 15) is 4.79 Å². The molecule has 1 N–H and O–H groups in total. The summed E-state index contributed by atoms with van der Waals surface area (Å²) in [5.41, 5.74) is 0.911. The highest BCUT2D eigenvalue weighted by Crippen LogP contribution is 2.14. The number of urea groups is 1. The van der Waals surface area contributed by atoms with E-state index in [1.807, 2.05) is 21.7 Å². The lowest BCUT2D eigenvalue weighted by atomic mass is 10.2. The van der Waals surface area contributed by atoms with E-state index in [2.05, 4.69) is 5.32 Å². The Kier molecular flexibility index (Phi) is 3.61. The van der Waals surface area contributed by atoms with Crippen LogP contribution in [0.1, 0.15) is 25.7 Å². The number of carbonyl (C=O) groups is 1. The number of amides is 2. The Morgan fingerprint density at radius 1 is 1.27 bits per heavy atom. The zero-order chi connectivity index (χ0) is 10.5. The summed E-state index contributed by atoms with van der Waals surface area (Å²) in [6.45, 7) is 1.80. The van der Waals surface area contributed by atoms with Crippen molar-refractivity contribution < 1.29 is 4.79 Å². The molecule has 1 aromatic heterocycles. The van der Waals surface area contributed by atoms with Gasteiger partial charge in [-0.05, 0) is 24.3 Å². The molecule has 2 rings (SSSR count). The van der Waals surface area contributed by atoms with Crippen molar-refractivity contribution in [3.05, 3.63) is 16.8 Å². The van der Waals surface area contributed by atoms with E-state index in [0.717, 1.165) is 31.6 Å². The van der Waals surface area contributed by atoms with E-state index in [-0.39, 0.29) is 6.03 Å². The molecule has 0 saturated carbocycles. The van der Waals surface area contributed by atoms with Gasteiger partial charge in [0.25, 0.3) is 0 Å². The molecule has 1 saturated heterocycles. The highest BCUT2D eigenvalue weighted by molar-refractivity contribution is 7.08. The van der Waals surface area contributed by atoms with Crippen LogP contribution in [-0.4, -0.2) is 24.0 Å². The lowest BCUT2D eigenvalue weighted by Gasteiger charge is -2.20. The molecular weight excluding hydrogens is 208 g/mol. The summed E-state index contributed by atoms with van der Waals surface area (Å²) in [6.07, 6.45) is 4.78. The monoisotopic (exact) mass is 224 g/mol. The number of hydrogen-bond donors (Lipinski definition) is 1. The van der Waals surface area contributed by atoms with Crippen molar-refractivity contribution in [2.75, 3.05) is 18.4 Å². The van der Waals surface area contributed by atoms with Crippen LogP contribution >= 0.6 is 11.3 Å². The Morgan fingerprint density at radius 2 is 2.00 bits per heavy atom. The van der Waals surface area contributed by atoms with Crippen LogP contribution in [0.5, 0.6) is 0 Å². The van der Waals surface area contributed by atoms with Gasteiger partial charge in [-0.25, -0.2) is 4.79 Å². The van der Waals surface area contributed by atoms with Crippen LogP contribution in [-0.2, 0) is 0 Å². The molecule has 2 amide bonds. The molecule has 0 bridgehead atoms. The molecule has 3 nitrogen and oxygen atoms in total. The van der Waals surface area contributed by atoms with Crippen molar-refractivity contribution >= 4 is 23.1 Å². The Bertz CT molecular complexity index is 302. The van der Waals surface area contributed by atoms with Crippen LogP contribution in [0.15, 0.2) is 16.8 Å². The maximum atomic E-state index is 11.8. The van der Waals surface area contributed by atoms with Gasteiger partial charge < -0.3 is 10.2 Å². The topological polar surface area (TPSA) is 32.3 Å². The normalized spacial score (nSPS) is 17.2. The summed E-state index contributed by atoms with van der Waals surface area (Å²) < 4.78 is 0. The van der Waals surface area contributed by atoms with E-state index in [4.69, 9.17) is 0 Å². The number of thiophene rings is 1. The van der Waals surface area contributed by atoms with Crippen molar-refractivity contribution in [3.8, 4) is 0 Å². The molecule has 0 aliphatic carbocycles. The highest BCUT2D eigenvalue weighted by Gasteiger charge is 2.15. The molecule has 0 unspecified atom stereocenters. The zero-order valence-electron chi connectivity index (χ0n) is 8.74. The zero-order valence-corrected chi connectivity index (χ0v) is 9.55. The second-order valence-electron chi connectivity index (χ2n) is 3.84. The van der Waals surface area contributed by atoms with Gasteiger partial charge in [0.05, 0.1) is 5.69 Å². The van der Waals surface area contributed by atoms with E-state index in [1.165, 1.54) is 12.8 Å². The molecule has 2 heterocycles. The molecule has 0 radical (unpaired) electrons. The minimum absolute atomic E-state index is 0.0512. The highest BCUT2D eigenvalue weighted by atomic mass is 32.1. The number of likely N-dealkylation sites (tertiary alicyclic amines) is 1. The van der Waals surface area contributed by atoms with Gasteiger partial charge in [-0.3, -0.25) is 0 Å². The van der Waals surface area contributed by atoms with Crippen LogP contribution in [0.2, 0.25) is 0 Å². The molecule has 82 valence electrons. The first-order chi connectivity index (χ1) is 7.36. The number of anilines is 1. The summed E-state index contributed by atoms with van der Waals surface area (Å²) in [7, 11) is 0. The van der Waals surface area contributed by atoms with Gasteiger partial charge in [0, 0.05) is 18.5 Å². The van der Waals surface area contributed by atoms with Crippen molar-refractivity contribution in [2.45, 2.75) is 25.7 Å². The van der Waals surface area contributed by atoms with E-state index in [0.29, 0.717) is 0 Å². The fourth-order valence-corrected chi connectivity index (χ4v) is 2.40. The number of rotatable bonds is 1. The van der Waals surface area contributed by atoms with Crippen LogP contribution in [0.3, 0.4) is 0 Å². The van der Waals surface area contributed by atoms with Gasteiger partial charge in [0.1, 0.15) is 0 Å². The van der Waals surface area contributed by atoms with Crippen LogP contribution in [0.4, 0.5) is 10.5 Å². The Balaban J connectivity index is 1.89. The molecule has 1 aromatic rings. The second kappa shape index (κ2) is 5.16. The molecular formula is C11H16N2OS. The van der Waals surface area contributed by atoms with Crippen molar-refractivity contribution in [1.29, 1.82) is 0 Å². The first kappa shape index (κ1) is 10.5. The van der Waals surface area contributed by atoms with E-state index < -0.39 is 0 Å². The summed E-state index contributed by atoms with van der Waals surface area (Å²) in [5, 5.41) is 6.84. The fourth-order valence-electron chi connectivity index (χ4n) is 1.81. The molecule has 15 heavy (non-hydrogen) atoms. The lowest BCUT2D eigenvalue weighted by molar-refractivity contribution is 0.214. The largest absolute Gasteiger partial charge is 0.325 e. The third kappa shape index (κ3) is 2.96. The van der Waals surface area contributed by atoms with Crippen LogP contribution in [0, 0.1) is 0 Å². The third-order valence-corrected chi connectivity index (χ3v) is 3.35. The predicted octanol–water partition coefficient (Wildman–Crippen LogP) is 3.16. The number of nitrogens with one attached hydrogen (secondary N) is 1. The molecule has 4 heteroatoms. The lowest BCUT2D eigenvalue weighted by Crippen LogP contribution is -2.35. The summed E-state index contributed by atoms with van der Waals surface area (Å²) in [6, 6.07) is 1.98. The predicted molar refractivity (Wildman–Crippen MR) is 63.4 cm³/mol. The molecule has 1 fully saturated rings. The summed E-state index contributed by atoms with van der Waals surface area (Å²) in [5.74, 6) is 0. The first-order valence-corrected chi connectivity index (χ1v) is 6.39. The number of carbonyl (C=O) groups excluding carboxylic acids is 1. The summed E-state index contributed by atoms with van der Waals surface area (Å²) >= 11 is 1.60. The number of nitrogens with zero attached hydrogens (tertiary/aromatic N) is 1. The molecule has 1 aliphatic heterocycles. The second-order valence-corrected chi connectivity index (χ2v) is 4.62. The average molecular weight is 224 g/mol. The SMILES string of the molecule is O=C(Nc1ccsc1)N1CCCCCC1. The Hall–Kier alpha value is -1.03. The van der Waals surface area contributed by atoms with E-state index in [1.54, 1.807) is 11.3 Å². The van der Waals surface area contributed by atoms with Gasteiger partial charge in [-0.15, -0.1) is 0 Å². The van der Waals surface area contributed by atoms with Gasteiger partial charge in [-0.2, -0.15) is 11.3 Å². The maximum Gasteiger partial charge on any atom is 0.321 e. The minimum atomic E-state index is 0.0512. The van der Waals surface area contributed by atoms with Gasteiger partial charge in [0.2, 0.25) is 0 Å². The van der Waals surface area contributed by atoms with Crippen molar-refractivity contribution in [3.63, 3.8) is 0 Å². The summed E-state index contributed by atoms with van der Waals surface area (Å²) in [4.78, 5) is 13.8. The molecule has 0 spiro atoms. The molecule has 0 atom stereocenters. The average Bonchev–Trinajstić information content (AvgIpc) is 2.58. The van der Waals surface area contributed by atoms with Crippen LogP contribution < -0.4 is 5.32 Å². The van der Waals surface area contributed by atoms with Gasteiger partial charge in [-0.1, -0.05) is 12.8 Å². The first-order valence-electron chi connectivity index (χ1n) is 5.44. The fraction of sp³-hybridized carbons (Fsp3) is 0.545. The smallest absolute Gasteiger partial charge is 0.321 e. The Morgan fingerprint density at radius 3 is 2.60 bits per heavy atom. The molecule has 1 aliphatic rings. The van der Waals surface area contributed by atoms with Crippen LogP contribution in [0.25, 0.3) is 0 Å². The van der Waals surface area contributed by atoms with Gasteiger partial charge >= 0.3 is 6.03 Å². The number of hydrogen-bond acceptors (Lipinski definition) is 2. The van der Waals surface area contributed by atoms with Gasteiger partial charge in [0.15, 0.2) is 0 Å². The standard InChI is InChI=1S/C11H16N2OS/c14-11(12-10-5-8-15-9-10)13-6-3-1-2-4-7-13/h5,8-9H,1-4,6-7H2,(H,12,14). The van der Waals surface area contributed by atoms with Crippen molar-refractivity contribution in [1.82, 2.24) is 4.90 Å². The molecule has 0 aromatic carbocycles. The third-order valence-electron chi connectivity index (χ3n) is 2.67. The minimum Gasteiger partial charge on any atom is -0.325 e. The maximum absolute atomic E-state index is 11.8. The van der Waals surface area contributed by atoms with E-state index >= 15 is 0 Å². The quantitative estimate of drug-likeness (QED) is 0.780. The Labute approximate surface area is 94.1 Å². The van der Waals surface area contributed by atoms with Crippen molar-refractivity contribution in [2.24, 2.45) is 0 Å².